The molecule has 0 atom stereocenters. The van der Waals surface area contributed by atoms with Crippen LogP contribution in [-0.4, -0.2) is 31.4 Å². The first-order valence-corrected chi connectivity index (χ1v) is 7.10. The standard InChI is InChI=1S/C9H11NO2.C7H8O.C2H3NO/c1-7-3-5-8(6-4-7)12-9(11)10-2;1-6-2-4-7(8)5-3-6;1-3-2-4/h3-6H,1-2H3,(H,10,11);2-5,8H,1H3;1H3. The minimum Gasteiger partial charge on any atom is -0.508 e. The van der Waals surface area contributed by atoms with Crippen LogP contribution in [0.1, 0.15) is 11.1 Å². The Balaban J connectivity index is 0.000000379. The lowest BCUT2D eigenvalue weighted by Gasteiger charge is -2.02. The quantitative estimate of drug-likeness (QED) is 0.620. The van der Waals surface area contributed by atoms with Crippen molar-refractivity contribution in [2.24, 2.45) is 4.99 Å². The maximum atomic E-state index is 10.7. The lowest BCUT2D eigenvalue weighted by Crippen LogP contribution is -2.21. The van der Waals surface area contributed by atoms with Crippen LogP contribution < -0.4 is 10.1 Å². The van der Waals surface area contributed by atoms with Crippen LogP contribution in [0.5, 0.6) is 11.5 Å². The number of carbonyl (C=O) groups excluding carboxylic acids is 2. The van der Waals surface area contributed by atoms with E-state index in [-0.39, 0.29) is 0 Å². The molecular weight excluding hydrogens is 308 g/mol. The average molecular weight is 330 g/mol. The van der Waals surface area contributed by atoms with Gasteiger partial charge in [-0.05, 0) is 38.1 Å². The van der Waals surface area contributed by atoms with Crippen LogP contribution in [0.2, 0.25) is 0 Å². The number of nitrogens with zero attached hydrogens (tertiary/aromatic N) is 1. The molecule has 6 heteroatoms. The van der Waals surface area contributed by atoms with Crippen molar-refractivity contribution in [1.29, 1.82) is 0 Å². The molecule has 2 rings (SSSR count). The van der Waals surface area contributed by atoms with Crippen LogP contribution >= 0.6 is 0 Å². The Hall–Kier alpha value is -3.11. The molecule has 0 radical (unpaired) electrons. The Morgan fingerprint density at radius 2 is 1.46 bits per heavy atom. The highest BCUT2D eigenvalue weighted by Crippen LogP contribution is 2.11. The number of aliphatic imine (C=N–C) groups is 1. The molecule has 0 aliphatic rings. The molecule has 0 heterocycles. The maximum Gasteiger partial charge on any atom is 0.412 e. The molecule has 24 heavy (non-hydrogen) atoms. The summed E-state index contributed by atoms with van der Waals surface area (Å²) in [5.74, 6) is 0.885. The number of isocyanates is 1. The first kappa shape index (κ1) is 20.9. The van der Waals surface area contributed by atoms with Crippen LogP contribution in [-0.2, 0) is 4.79 Å². The van der Waals surface area contributed by atoms with Crippen molar-refractivity contribution in [3.63, 3.8) is 0 Å². The van der Waals surface area contributed by atoms with Crippen molar-refractivity contribution in [2.75, 3.05) is 14.1 Å². The maximum absolute atomic E-state index is 10.7. The molecule has 0 saturated heterocycles. The van der Waals surface area contributed by atoms with Gasteiger partial charge in [-0.1, -0.05) is 35.4 Å². The van der Waals surface area contributed by atoms with E-state index < -0.39 is 6.09 Å². The number of carbonyl (C=O) groups is 1. The summed E-state index contributed by atoms with van der Waals surface area (Å²) in [4.78, 5) is 22.5. The van der Waals surface area contributed by atoms with Gasteiger partial charge >= 0.3 is 6.09 Å². The normalized spacial score (nSPS) is 8.33. The number of hydrogen-bond donors (Lipinski definition) is 2. The number of hydrogen-bond acceptors (Lipinski definition) is 5. The molecule has 0 aliphatic carbocycles. The Morgan fingerprint density at radius 3 is 1.79 bits per heavy atom. The lowest BCUT2D eigenvalue weighted by molar-refractivity contribution is 0.203. The third-order valence-corrected chi connectivity index (χ3v) is 2.56. The van der Waals surface area contributed by atoms with Gasteiger partial charge in [0.1, 0.15) is 11.5 Å². The van der Waals surface area contributed by atoms with E-state index in [2.05, 4.69) is 10.3 Å². The number of phenolic OH excluding ortho intramolecular Hbond substituents is 1. The molecule has 0 unspecified atom stereocenters. The Labute approximate surface area is 141 Å². The van der Waals surface area contributed by atoms with E-state index in [1.807, 2.05) is 38.1 Å². The molecule has 2 aromatic rings. The van der Waals surface area contributed by atoms with Gasteiger partial charge in [-0.15, -0.1) is 0 Å². The molecule has 0 spiro atoms. The highest BCUT2D eigenvalue weighted by molar-refractivity contribution is 5.69. The monoisotopic (exact) mass is 330 g/mol. The smallest absolute Gasteiger partial charge is 0.412 e. The van der Waals surface area contributed by atoms with Gasteiger partial charge in [0.2, 0.25) is 6.08 Å². The minimum atomic E-state index is -0.446. The second kappa shape index (κ2) is 12.4. The third kappa shape index (κ3) is 10.6. The lowest BCUT2D eigenvalue weighted by atomic mass is 10.2. The predicted octanol–water partition coefficient (Wildman–Crippen LogP) is 3.37. The van der Waals surface area contributed by atoms with Crippen molar-refractivity contribution >= 4 is 12.2 Å². The van der Waals surface area contributed by atoms with Crippen molar-refractivity contribution < 1.29 is 19.4 Å². The largest absolute Gasteiger partial charge is 0.508 e. The summed E-state index contributed by atoms with van der Waals surface area (Å²) in [6.45, 7) is 3.96. The summed E-state index contributed by atoms with van der Waals surface area (Å²) in [5.41, 5.74) is 2.31. The fourth-order valence-electron chi connectivity index (χ4n) is 1.31. The molecular formula is C18H22N2O4. The van der Waals surface area contributed by atoms with Gasteiger partial charge in [0.05, 0.1) is 0 Å². The second-order valence-electron chi connectivity index (χ2n) is 4.60. The second-order valence-corrected chi connectivity index (χ2v) is 4.60. The van der Waals surface area contributed by atoms with Crippen molar-refractivity contribution in [3.05, 3.63) is 59.7 Å². The van der Waals surface area contributed by atoms with Crippen molar-refractivity contribution in [2.45, 2.75) is 13.8 Å². The fourth-order valence-corrected chi connectivity index (χ4v) is 1.31. The molecule has 0 aromatic heterocycles. The molecule has 1 amide bonds. The number of aryl methyl sites for hydroxylation is 2. The predicted molar refractivity (Wildman–Crippen MR) is 93.2 cm³/mol. The number of phenols is 1. The summed E-state index contributed by atoms with van der Waals surface area (Å²) in [6, 6.07) is 14.4. The van der Waals surface area contributed by atoms with Crippen LogP contribution in [0.25, 0.3) is 0 Å². The molecule has 2 N–H and O–H groups in total. The van der Waals surface area contributed by atoms with Gasteiger partial charge < -0.3 is 15.2 Å². The third-order valence-electron chi connectivity index (χ3n) is 2.56. The minimum absolute atomic E-state index is 0.329. The van der Waals surface area contributed by atoms with Gasteiger partial charge in [-0.3, -0.25) is 0 Å². The summed E-state index contributed by atoms with van der Waals surface area (Å²) in [5, 5.41) is 11.1. The average Bonchev–Trinajstić information content (AvgIpc) is 2.60. The first-order valence-electron chi connectivity index (χ1n) is 7.10. The van der Waals surface area contributed by atoms with Crippen molar-refractivity contribution in [1.82, 2.24) is 5.32 Å². The molecule has 0 bridgehead atoms. The zero-order chi connectivity index (χ0) is 18.4. The Bertz CT molecular complexity index is 625. The number of amides is 1. The summed E-state index contributed by atoms with van der Waals surface area (Å²) < 4.78 is 4.87. The van der Waals surface area contributed by atoms with Gasteiger partial charge in [0.15, 0.2) is 0 Å². The molecule has 0 aliphatic heterocycles. The Kier molecular flexibility index (Phi) is 10.8. The molecule has 0 fully saturated rings. The topological polar surface area (TPSA) is 88.0 Å². The van der Waals surface area contributed by atoms with E-state index >= 15 is 0 Å². The number of rotatable bonds is 1. The SMILES string of the molecule is CN=C=O.CNC(=O)Oc1ccc(C)cc1.Cc1ccc(O)cc1. The zero-order valence-electron chi connectivity index (χ0n) is 14.2. The van der Waals surface area contributed by atoms with E-state index in [9.17, 15) is 4.79 Å². The number of ether oxygens (including phenoxy) is 1. The van der Waals surface area contributed by atoms with E-state index in [1.54, 1.807) is 24.3 Å². The summed E-state index contributed by atoms with van der Waals surface area (Å²) in [7, 11) is 2.91. The van der Waals surface area contributed by atoms with Crippen LogP contribution in [0.4, 0.5) is 4.79 Å². The van der Waals surface area contributed by atoms with Gasteiger partial charge in [-0.2, -0.15) is 0 Å². The highest BCUT2D eigenvalue weighted by Gasteiger charge is 1.98. The van der Waals surface area contributed by atoms with Crippen LogP contribution in [0.3, 0.4) is 0 Å². The van der Waals surface area contributed by atoms with Crippen molar-refractivity contribution in [3.8, 4) is 11.5 Å². The summed E-state index contributed by atoms with van der Waals surface area (Å²) in [6.07, 6.45) is 0.860. The van der Waals surface area contributed by atoms with Gasteiger partial charge in [-0.25, -0.2) is 14.6 Å². The van der Waals surface area contributed by atoms with E-state index in [1.165, 1.54) is 25.7 Å². The number of nitrogens with one attached hydrogen (secondary N) is 1. The molecule has 2 aromatic carbocycles. The molecule has 128 valence electrons. The number of aromatic hydroxyl groups is 1. The first-order chi connectivity index (χ1) is 11.4. The van der Waals surface area contributed by atoms with Crippen LogP contribution in [0, 0.1) is 13.8 Å². The van der Waals surface area contributed by atoms with E-state index in [0.29, 0.717) is 11.5 Å². The van der Waals surface area contributed by atoms with Gasteiger partial charge in [0, 0.05) is 14.1 Å². The Morgan fingerprint density at radius 1 is 1.04 bits per heavy atom. The van der Waals surface area contributed by atoms with Crippen LogP contribution in [0.15, 0.2) is 53.5 Å². The number of benzene rings is 2. The molecule has 6 nitrogen and oxygen atoms in total. The fraction of sp³-hybridized carbons (Fsp3) is 0.222. The zero-order valence-corrected chi connectivity index (χ0v) is 14.2. The van der Waals surface area contributed by atoms with E-state index in [4.69, 9.17) is 14.6 Å². The highest BCUT2D eigenvalue weighted by atomic mass is 16.5. The molecule has 0 saturated carbocycles. The van der Waals surface area contributed by atoms with Gasteiger partial charge in [0.25, 0.3) is 0 Å². The van der Waals surface area contributed by atoms with E-state index in [0.717, 1.165) is 5.56 Å². The summed E-state index contributed by atoms with van der Waals surface area (Å²) >= 11 is 0.